The molecule has 1 aliphatic heterocycles. The monoisotopic (exact) mass is 491 g/mol. The van der Waals surface area contributed by atoms with E-state index in [0.29, 0.717) is 11.3 Å². The van der Waals surface area contributed by atoms with E-state index in [0.717, 1.165) is 22.2 Å². The number of carbonyl (C=O) groups is 2. The summed E-state index contributed by atoms with van der Waals surface area (Å²) >= 11 is 0.774. The number of benzene rings is 3. The highest BCUT2D eigenvalue weighted by molar-refractivity contribution is 8.18. The number of amides is 2. The molecule has 3 aromatic carbocycles. The van der Waals surface area contributed by atoms with Crippen molar-refractivity contribution in [2.45, 2.75) is 13.2 Å². The first-order chi connectivity index (χ1) is 16.8. The molecule has 1 heterocycles. The van der Waals surface area contributed by atoms with Crippen LogP contribution in [0.25, 0.3) is 6.08 Å². The van der Waals surface area contributed by atoms with Crippen molar-refractivity contribution in [2.24, 2.45) is 0 Å². The van der Waals surface area contributed by atoms with Gasteiger partial charge in [-0.15, -0.1) is 0 Å². The molecular formula is C24H17N3O7S. The van der Waals surface area contributed by atoms with Gasteiger partial charge in [0.2, 0.25) is 0 Å². The maximum Gasteiger partial charge on any atom is 0.293 e. The molecule has 176 valence electrons. The van der Waals surface area contributed by atoms with Crippen molar-refractivity contribution in [1.29, 1.82) is 0 Å². The van der Waals surface area contributed by atoms with Gasteiger partial charge in [0.05, 0.1) is 21.3 Å². The zero-order valence-electron chi connectivity index (χ0n) is 18.0. The van der Waals surface area contributed by atoms with Crippen LogP contribution in [0.15, 0.2) is 77.7 Å². The fourth-order valence-corrected chi connectivity index (χ4v) is 4.16. The van der Waals surface area contributed by atoms with Gasteiger partial charge >= 0.3 is 0 Å². The molecule has 35 heavy (non-hydrogen) atoms. The summed E-state index contributed by atoms with van der Waals surface area (Å²) in [4.78, 5) is 47.3. The van der Waals surface area contributed by atoms with E-state index >= 15 is 0 Å². The van der Waals surface area contributed by atoms with Crippen LogP contribution >= 0.6 is 11.8 Å². The minimum atomic E-state index is -0.546. The number of thioether (sulfide) groups is 1. The first kappa shape index (κ1) is 23.6. The van der Waals surface area contributed by atoms with Crippen molar-refractivity contribution in [1.82, 2.24) is 4.90 Å². The summed E-state index contributed by atoms with van der Waals surface area (Å²) in [5, 5.41) is 21.4. The molecule has 0 aliphatic carbocycles. The van der Waals surface area contributed by atoms with E-state index in [1.807, 2.05) is 0 Å². The number of non-ortho nitro benzene ring substituents is 1. The van der Waals surface area contributed by atoms with Gasteiger partial charge in [0.1, 0.15) is 12.4 Å². The van der Waals surface area contributed by atoms with Gasteiger partial charge in [-0.05, 0) is 53.2 Å². The standard InChI is InChI=1S/C24H17N3O7S/c28-23-22(35-24(29)25(23)14-18-3-1-2-4-21(18)27(32)33)13-16-7-11-20(12-8-16)34-15-17-5-9-19(10-6-17)26(30)31/h1-13H,14-15H2/b22-13-. The molecule has 1 saturated heterocycles. The Hall–Kier alpha value is -4.51. The van der Waals surface area contributed by atoms with E-state index in [1.165, 1.54) is 30.3 Å². The summed E-state index contributed by atoms with van der Waals surface area (Å²) in [5.74, 6) is 0.0432. The van der Waals surface area contributed by atoms with Crippen molar-refractivity contribution in [3.8, 4) is 5.75 Å². The highest BCUT2D eigenvalue weighted by Crippen LogP contribution is 2.34. The Bertz CT molecular complexity index is 1340. The smallest absolute Gasteiger partial charge is 0.293 e. The van der Waals surface area contributed by atoms with E-state index < -0.39 is 21.0 Å². The van der Waals surface area contributed by atoms with Crippen LogP contribution in [0.2, 0.25) is 0 Å². The van der Waals surface area contributed by atoms with Crippen molar-refractivity contribution in [3.05, 3.63) is 115 Å². The first-order valence-corrected chi connectivity index (χ1v) is 11.1. The van der Waals surface area contributed by atoms with Crippen LogP contribution in [0.1, 0.15) is 16.7 Å². The molecule has 1 fully saturated rings. The number of rotatable bonds is 8. The highest BCUT2D eigenvalue weighted by Gasteiger charge is 2.36. The molecule has 4 rings (SSSR count). The Kier molecular flexibility index (Phi) is 6.88. The number of para-hydroxylation sites is 1. The minimum absolute atomic E-state index is 0.00417. The fourth-order valence-electron chi connectivity index (χ4n) is 3.32. The van der Waals surface area contributed by atoms with Crippen LogP contribution < -0.4 is 4.74 Å². The van der Waals surface area contributed by atoms with E-state index in [9.17, 15) is 29.8 Å². The van der Waals surface area contributed by atoms with E-state index in [-0.39, 0.29) is 35.0 Å². The van der Waals surface area contributed by atoms with E-state index in [2.05, 4.69) is 0 Å². The number of imide groups is 1. The van der Waals surface area contributed by atoms with Gasteiger partial charge in [-0.1, -0.05) is 30.3 Å². The fraction of sp³-hybridized carbons (Fsp3) is 0.0833. The quantitative estimate of drug-likeness (QED) is 0.235. The van der Waals surface area contributed by atoms with Crippen LogP contribution in [-0.4, -0.2) is 25.9 Å². The lowest BCUT2D eigenvalue weighted by molar-refractivity contribution is -0.385. The normalized spacial score (nSPS) is 14.4. The lowest BCUT2D eigenvalue weighted by Gasteiger charge is -2.12. The van der Waals surface area contributed by atoms with Crippen molar-refractivity contribution < 1.29 is 24.2 Å². The van der Waals surface area contributed by atoms with Crippen LogP contribution in [-0.2, 0) is 17.9 Å². The highest BCUT2D eigenvalue weighted by atomic mass is 32.2. The first-order valence-electron chi connectivity index (χ1n) is 10.3. The molecule has 0 radical (unpaired) electrons. The molecule has 0 N–H and O–H groups in total. The van der Waals surface area contributed by atoms with Crippen LogP contribution in [0.3, 0.4) is 0 Å². The summed E-state index contributed by atoms with van der Waals surface area (Å²) in [6.07, 6.45) is 1.57. The molecule has 2 amide bonds. The lowest BCUT2D eigenvalue weighted by Crippen LogP contribution is -2.27. The number of hydrogen-bond donors (Lipinski definition) is 0. The Balaban J connectivity index is 1.40. The topological polar surface area (TPSA) is 133 Å². The molecule has 0 unspecified atom stereocenters. The van der Waals surface area contributed by atoms with Crippen LogP contribution in [0.5, 0.6) is 5.75 Å². The summed E-state index contributed by atoms with van der Waals surface area (Å²) in [6.45, 7) is 0.0381. The third-order valence-electron chi connectivity index (χ3n) is 5.12. The molecule has 0 saturated carbocycles. The van der Waals surface area contributed by atoms with Crippen molar-refractivity contribution in [3.63, 3.8) is 0 Å². The number of nitro groups is 2. The summed E-state index contributed by atoms with van der Waals surface area (Å²) in [7, 11) is 0. The van der Waals surface area contributed by atoms with Crippen molar-refractivity contribution in [2.75, 3.05) is 0 Å². The largest absolute Gasteiger partial charge is 0.489 e. The number of nitrogens with zero attached hydrogens (tertiary/aromatic N) is 3. The predicted octanol–water partition coefficient (Wildman–Crippen LogP) is 5.32. The number of carbonyl (C=O) groups excluding carboxylic acids is 2. The summed E-state index contributed by atoms with van der Waals surface area (Å²) in [6, 6.07) is 18.9. The maximum atomic E-state index is 12.8. The lowest BCUT2D eigenvalue weighted by atomic mass is 10.1. The van der Waals surface area contributed by atoms with Crippen LogP contribution in [0, 0.1) is 20.2 Å². The second kappa shape index (κ2) is 10.2. The second-order valence-corrected chi connectivity index (χ2v) is 8.43. The molecule has 1 aliphatic rings. The Morgan fingerprint density at radius 2 is 1.57 bits per heavy atom. The van der Waals surface area contributed by atoms with Gasteiger partial charge in [-0.3, -0.25) is 34.7 Å². The SMILES string of the molecule is O=C1S/C(=C\c2ccc(OCc3ccc([N+](=O)[O-])cc3)cc2)C(=O)N1Cc1ccccc1[N+](=O)[O-]. The molecule has 0 aromatic heterocycles. The van der Waals surface area contributed by atoms with Crippen molar-refractivity contribution >= 4 is 40.4 Å². The van der Waals surface area contributed by atoms with Gasteiger partial charge < -0.3 is 4.74 Å². The minimum Gasteiger partial charge on any atom is -0.489 e. The molecule has 0 bridgehead atoms. The van der Waals surface area contributed by atoms with Gasteiger partial charge in [0.15, 0.2) is 0 Å². The maximum absolute atomic E-state index is 12.8. The summed E-state index contributed by atoms with van der Waals surface area (Å²) in [5.41, 5.74) is 1.57. The zero-order chi connectivity index (χ0) is 24.9. The molecule has 0 spiro atoms. The average molecular weight is 491 g/mol. The molecule has 0 atom stereocenters. The zero-order valence-corrected chi connectivity index (χ0v) is 18.8. The average Bonchev–Trinajstić information content (AvgIpc) is 3.11. The van der Waals surface area contributed by atoms with Gasteiger partial charge in [-0.2, -0.15) is 0 Å². The molecule has 11 heteroatoms. The summed E-state index contributed by atoms with van der Waals surface area (Å²) < 4.78 is 5.69. The Morgan fingerprint density at radius 3 is 2.23 bits per heavy atom. The molecule has 3 aromatic rings. The van der Waals surface area contributed by atoms with Gasteiger partial charge in [0.25, 0.3) is 22.5 Å². The van der Waals surface area contributed by atoms with E-state index in [4.69, 9.17) is 4.74 Å². The third-order valence-corrected chi connectivity index (χ3v) is 6.03. The van der Waals surface area contributed by atoms with E-state index in [1.54, 1.807) is 48.5 Å². The van der Waals surface area contributed by atoms with Crippen LogP contribution in [0.4, 0.5) is 16.2 Å². The number of hydrogen-bond acceptors (Lipinski definition) is 8. The number of nitro benzene ring substituents is 2. The Labute approximate surface area is 203 Å². The number of ether oxygens (including phenoxy) is 1. The third kappa shape index (κ3) is 5.53. The van der Waals surface area contributed by atoms with Gasteiger partial charge in [0, 0.05) is 23.8 Å². The van der Waals surface area contributed by atoms with Gasteiger partial charge in [-0.25, -0.2) is 0 Å². The second-order valence-electron chi connectivity index (χ2n) is 7.43. The molecule has 10 nitrogen and oxygen atoms in total. The predicted molar refractivity (Wildman–Crippen MR) is 128 cm³/mol. The Morgan fingerprint density at radius 1 is 0.886 bits per heavy atom. The molecular weight excluding hydrogens is 474 g/mol.